The highest BCUT2D eigenvalue weighted by Crippen LogP contribution is 2.54. The van der Waals surface area contributed by atoms with Crippen molar-refractivity contribution in [2.24, 2.45) is 5.41 Å². The van der Waals surface area contributed by atoms with Gasteiger partial charge in [0.25, 0.3) is 0 Å². The summed E-state index contributed by atoms with van der Waals surface area (Å²) >= 11 is 0. The molecule has 0 unspecified atom stereocenters. The van der Waals surface area contributed by atoms with Crippen molar-refractivity contribution in [1.82, 2.24) is 0 Å². The van der Waals surface area contributed by atoms with Crippen molar-refractivity contribution in [2.45, 2.75) is 98.8 Å². The first-order valence-electron chi connectivity index (χ1n) is 10.5. The van der Waals surface area contributed by atoms with Crippen LogP contribution in [-0.2, 0) is 10.8 Å². The Kier molecular flexibility index (Phi) is 6.55. The van der Waals surface area contributed by atoms with E-state index in [0.29, 0.717) is 5.41 Å². The zero-order valence-corrected chi connectivity index (χ0v) is 19.6. The second kappa shape index (κ2) is 7.83. The van der Waals surface area contributed by atoms with E-state index >= 15 is 0 Å². The van der Waals surface area contributed by atoms with E-state index in [4.69, 9.17) is 4.52 Å². The van der Waals surface area contributed by atoms with Crippen molar-refractivity contribution in [1.29, 1.82) is 0 Å². The van der Waals surface area contributed by atoms with Gasteiger partial charge >= 0.3 is 0 Å². The minimum absolute atomic E-state index is 0.100. The van der Waals surface area contributed by atoms with E-state index < -0.39 is 0 Å². The molecule has 2 rings (SSSR count). The van der Waals surface area contributed by atoms with Crippen molar-refractivity contribution in [2.75, 3.05) is 12.3 Å². The molecular weight excluding hydrogens is 335 g/mol. The minimum atomic E-state index is -0.354. The highest BCUT2D eigenvalue weighted by molar-refractivity contribution is 7.53. The van der Waals surface area contributed by atoms with Gasteiger partial charge in [-0.3, -0.25) is 0 Å². The summed E-state index contributed by atoms with van der Waals surface area (Å²) in [5.74, 6) is 1.20. The van der Waals surface area contributed by atoms with Gasteiger partial charge in [-0.25, -0.2) is 0 Å². The highest BCUT2D eigenvalue weighted by atomic mass is 31.1. The van der Waals surface area contributed by atoms with E-state index in [1.54, 1.807) is 0 Å². The summed E-state index contributed by atoms with van der Waals surface area (Å²) in [6, 6.07) is 4.71. The first kappa shape index (κ1) is 21.7. The second-order valence-corrected chi connectivity index (χ2v) is 12.5. The Balaban J connectivity index is 2.37. The summed E-state index contributed by atoms with van der Waals surface area (Å²) in [4.78, 5) is 0. The van der Waals surface area contributed by atoms with Gasteiger partial charge in [0.15, 0.2) is 0 Å². The maximum atomic E-state index is 6.87. The molecule has 0 bridgehead atoms. The van der Waals surface area contributed by atoms with Crippen LogP contribution in [0.1, 0.15) is 97.8 Å². The van der Waals surface area contributed by atoms with Crippen LogP contribution in [0.5, 0.6) is 5.75 Å². The molecule has 0 radical (unpaired) electrons. The van der Waals surface area contributed by atoms with Crippen LogP contribution in [0.4, 0.5) is 0 Å². The van der Waals surface area contributed by atoms with Crippen LogP contribution in [0.3, 0.4) is 0 Å². The summed E-state index contributed by atoms with van der Waals surface area (Å²) < 4.78 is 6.87. The third-order valence-corrected chi connectivity index (χ3v) is 8.24. The summed E-state index contributed by atoms with van der Waals surface area (Å²) in [5, 5.41) is 0. The third-order valence-electron chi connectivity index (χ3n) is 6.35. The van der Waals surface area contributed by atoms with Gasteiger partial charge in [0, 0.05) is 23.5 Å². The molecule has 0 spiro atoms. The largest absolute Gasteiger partial charge is 0.473 e. The highest BCUT2D eigenvalue weighted by Gasteiger charge is 2.35. The molecule has 1 aromatic carbocycles. The molecule has 1 fully saturated rings. The van der Waals surface area contributed by atoms with Crippen molar-refractivity contribution in [3.8, 4) is 5.75 Å². The monoisotopic (exact) mass is 376 g/mol. The Morgan fingerprint density at radius 3 is 1.65 bits per heavy atom. The molecule has 26 heavy (non-hydrogen) atoms. The van der Waals surface area contributed by atoms with Crippen molar-refractivity contribution in [3.05, 3.63) is 28.8 Å². The molecule has 0 N–H and O–H groups in total. The summed E-state index contributed by atoms with van der Waals surface area (Å²) in [5.41, 5.74) is 4.89. The van der Waals surface area contributed by atoms with E-state index in [9.17, 15) is 0 Å². The Hall–Kier alpha value is -0.550. The Morgan fingerprint density at radius 1 is 0.885 bits per heavy atom. The minimum Gasteiger partial charge on any atom is -0.473 e. The van der Waals surface area contributed by atoms with Gasteiger partial charge < -0.3 is 4.52 Å². The van der Waals surface area contributed by atoms with Gasteiger partial charge in [0.2, 0.25) is 0 Å². The van der Waals surface area contributed by atoms with E-state index in [1.807, 2.05) is 0 Å². The average Bonchev–Trinajstić information content (AvgIpc) is 2.55. The van der Waals surface area contributed by atoms with Crippen LogP contribution >= 0.6 is 8.15 Å². The van der Waals surface area contributed by atoms with E-state index in [2.05, 4.69) is 74.4 Å². The predicted octanol–water partition coefficient (Wildman–Crippen LogP) is 7.97. The summed E-state index contributed by atoms with van der Waals surface area (Å²) in [6.45, 7) is 20.8. The first-order chi connectivity index (χ1) is 11.9. The lowest BCUT2D eigenvalue weighted by atomic mass is 9.77. The maximum absolute atomic E-state index is 6.87. The number of hydrogen-bond acceptors (Lipinski definition) is 1. The number of benzene rings is 1. The van der Waals surface area contributed by atoms with Gasteiger partial charge in [0.1, 0.15) is 5.75 Å². The van der Waals surface area contributed by atoms with Gasteiger partial charge in [0.05, 0.1) is 8.15 Å². The maximum Gasteiger partial charge on any atom is 0.130 e. The number of rotatable bonds is 4. The fourth-order valence-electron chi connectivity index (χ4n) is 4.12. The molecule has 0 saturated carbocycles. The normalized spacial score (nSPS) is 18.8. The van der Waals surface area contributed by atoms with Gasteiger partial charge in [-0.05, 0) is 36.0 Å². The van der Waals surface area contributed by atoms with E-state index in [0.717, 1.165) is 0 Å². The molecule has 148 valence electrons. The number of hydrogen-bond donors (Lipinski definition) is 0. The fourth-order valence-corrected chi connectivity index (χ4v) is 6.43. The quantitative estimate of drug-likeness (QED) is 0.484. The van der Waals surface area contributed by atoms with Crippen LogP contribution in [-0.4, -0.2) is 12.3 Å². The lowest BCUT2D eigenvalue weighted by molar-refractivity contribution is 0.232. The fraction of sp³-hybridized carbons (Fsp3) is 0.750. The number of aryl methyl sites for hydroxylation is 1. The van der Waals surface area contributed by atoms with Crippen molar-refractivity contribution in [3.63, 3.8) is 0 Å². The Labute approximate surface area is 164 Å². The molecular formula is C24H41OP. The SMILES string of the molecule is CCC1(CC)CCP(Oc2c(C(C)(C)C)cc(C)cc2C(C)(C)C)CC1. The van der Waals surface area contributed by atoms with Crippen LogP contribution in [0.25, 0.3) is 0 Å². The first-order valence-corrected chi connectivity index (χ1v) is 12.1. The van der Waals surface area contributed by atoms with Gasteiger partial charge in [-0.1, -0.05) is 85.9 Å². The van der Waals surface area contributed by atoms with Crippen LogP contribution < -0.4 is 4.52 Å². The molecule has 1 aliphatic heterocycles. The predicted molar refractivity (Wildman–Crippen MR) is 118 cm³/mol. The molecule has 1 nitrogen and oxygen atoms in total. The standard InChI is InChI=1S/C24H41OP/c1-10-24(11-2)12-14-26(15-13-24)25-21-19(22(4,5)6)16-18(3)17-20(21)23(7,8)9/h16-17H,10-15H2,1-9H3. The lowest BCUT2D eigenvalue weighted by Gasteiger charge is -2.40. The van der Waals surface area contributed by atoms with Crippen molar-refractivity contribution >= 4 is 8.15 Å². The second-order valence-electron chi connectivity index (χ2n) is 10.4. The summed E-state index contributed by atoms with van der Waals surface area (Å²) in [7, 11) is -0.354. The molecule has 0 atom stereocenters. The average molecular weight is 377 g/mol. The Bertz CT molecular complexity index is 569. The molecule has 0 aromatic heterocycles. The molecule has 0 aliphatic carbocycles. The van der Waals surface area contributed by atoms with Crippen molar-refractivity contribution < 1.29 is 4.52 Å². The van der Waals surface area contributed by atoms with E-state index in [-0.39, 0.29) is 19.0 Å². The zero-order chi connectivity index (χ0) is 19.8. The molecule has 0 amide bonds. The van der Waals surface area contributed by atoms with Crippen LogP contribution in [0.2, 0.25) is 0 Å². The van der Waals surface area contributed by atoms with Crippen LogP contribution in [0, 0.1) is 12.3 Å². The smallest absolute Gasteiger partial charge is 0.130 e. The lowest BCUT2D eigenvalue weighted by Crippen LogP contribution is -2.27. The zero-order valence-electron chi connectivity index (χ0n) is 18.8. The third kappa shape index (κ3) is 4.83. The van der Waals surface area contributed by atoms with Gasteiger partial charge in [-0.15, -0.1) is 0 Å². The summed E-state index contributed by atoms with van der Waals surface area (Å²) in [6.07, 6.45) is 7.84. The molecule has 1 heterocycles. The van der Waals surface area contributed by atoms with Gasteiger partial charge in [-0.2, -0.15) is 0 Å². The van der Waals surface area contributed by atoms with E-state index in [1.165, 1.54) is 60.4 Å². The van der Waals surface area contributed by atoms with Crippen LogP contribution in [0.15, 0.2) is 12.1 Å². The molecule has 1 saturated heterocycles. The molecule has 2 heteroatoms. The molecule has 1 aliphatic rings. The Morgan fingerprint density at radius 2 is 1.31 bits per heavy atom. The molecule has 1 aromatic rings. The topological polar surface area (TPSA) is 9.23 Å².